The number of halogens is 3. The SMILES string of the molecule is CCn1cc(C(=O)N(CC(F)(F)F)C2CCOCC2)c(=O)c2ccc(C)nc21. The van der Waals surface area contributed by atoms with Crippen molar-refractivity contribution in [3.05, 3.63) is 39.8 Å². The van der Waals surface area contributed by atoms with Crippen LogP contribution >= 0.6 is 0 Å². The number of fused-ring (bicyclic) bond motifs is 1. The molecule has 1 aliphatic rings. The zero-order chi connectivity index (χ0) is 20.5. The summed E-state index contributed by atoms with van der Waals surface area (Å²) in [6.45, 7) is 3.18. The molecule has 1 saturated heterocycles. The smallest absolute Gasteiger partial charge is 0.381 e. The summed E-state index contributed by atoms with van der Waals surface area (Å²) in [5, 5.41) is 0.220. The first-order valence-electron chi connectivity index (χ1n) is 9.17. The van der Waals surface area contributed by atoms with Gasteiger partial charge in [-0.2, -0.15) is 13.2 Å². The second kappa shape index (κ2) is 7.90. The van der Waals surface area contributed by atoms with Crippen molar-refractivity contribution < 1.29 is 22.7 Å². The summed E-state index contributed by atoms with van der Waals surface area (Å²) in [6, 6.07) is 2.58. The van der Waals surface area contributed by atoms with Crippen LogP contribution in [0.3, 0.4) is 0 Å². The molecule has 6 nitrogen and oxygen atoms in total. The van der Waals surface area contributed by atoms with Gasteiger partial charge in [-0.3, -0.25) is 9.59 Å². The van der Waals surface area contributed by atoms with Crippen LogP contribution in [-0.2, 0) is 11.3 Å². The van der Waals surface area contributed by atoms with Gasteiger partial charge in [0.05, 0.1) is 5.39 Å². The topological polar surface area (TPSA) is 64.4 Å². The van der Waals surface area contributed by atoms with E-state index in [4.69, 9.17) is 4.74 Å². The van der Waals surface area contributed by atoms with Crippen LogP contribution in [0.5, 0.6) is 0 Å². The number of ether oxygens (including phenoxy) is 1. The van der Waals surface area contributed by atoms with E-state index in [9.17, 15) is 22.8 Å². The molecule has 1 aliphatic heterocycles. The van der Waals surface area contributed by atoms with Crippen molar-refractivity contribution in [1.82, 2.24) is 14.5 Å². The monoisotopic (exact) mass is 397 g/mol. The number of aromatic nitrogens is 2. The Morgan fingerprint density at radius 2 is 2.00 bits per heavy atom. The molecule has 0 bridgehead atoms. The highest BCUT2D eigenvalue weighted by molar-refractivity contribution is 5.97. The normalized spacial score (nSPS) is 15.8. The number of rotatable bonds is 4. The molecule has 152 valence electrons. The highest BCUT2D eigenvalue weighted by Crippen LogP contribution is 2.24. The summed E-state index contributed by atoms with van der Waals surface area (Å²) in [4.78, 5) is 31.1. The quantitative estimate of drug-likeness (QED) is 0.796. The fourth-order valence-electron chi connectivity index (χ4n) is 3.46. The van der Waals surface area contributed by atoms with Crippen LogP contribution in [0.1, 0.15) is 35.8 Å². The predicted molar refractivity (Wildman–Crippen MR) is 97.3 cm³/mol. The van der Waals surface area contributed by atoms with Crippen LogP contribution in [0.4, 0.5) is 13.2 Å². The van der Waals surface area contributed by atoms with E-state index in [2.05, 4.69) is 4.98 Å². The van der Waals surface area contributed by atoms with Crippen molar-refractivity contribution in [2.75, 3.05) is 19.8 Å². The lowest BCUT2D eigenvalue weighted by atomic mass is 10.0. The van der Waals surface area contributed by atoms with Gasteiger partial charge >= 0.3 is 6.18 Å². The van der Waals surface area contributed by atoms with Crippen molar-refractivity contribution in [3.8, 4) is 0 Å². The van der Waals surface area contributed by atoms with E-state index in [1.807, 2.05) is 6.92 Å². The molecular weight excluding hydrogens is 375 g/mol. The first-order chi connectivity index (χ1) is 13.2. The number of carbonyl (C=O) groups excluding carboxylic acids is 1. The third-order valence-corrected chi connectivity index (χ3v) is 4.87. The summed E-state index contributed by atoms with van der Waals surface area (Å²) in [5.41, 5.74) is 0.249. The summed E-state index contributed by atoms with van der Waals surface area (Å²) in [6.07, 6.45) is -2.63. The molecule has 0 atom stereocenters. The number of hydrogen-bond donors (Lipinski definition) is 0. The minimum absolute atomic E-state index is 0.220. The lowest BCUT2D eigenvalue weighted by molar-refractivity contribution is -0.147. The van der Waals surface area contributed by atoms with E-state index in [0.717, 1.165) is 4.90 Å². The minimum atomic E-state index is -4.56. The second-order valence-electron chi connectivity index (χ2n) is 6.87. The Bertz CT molecular complexity index is 934. The number of carbonyl (C=O) groups is 1. The first-order valence-corrected chi connectivity index (χ1v) is 9.17. The Morgan fingerprint density at radius 3 is 2.61 bits per heavy atom. The Balaban J connectivity index is 2.09. The van der Waals surface area contributed by atoms with Gasteiger partial charge in [0.1, 0.15) is 17.8 Å². The summed E-state index contributed by atoms with van der Waals surface area (Å²) >= 11 is 0. The van der Waals surface area contributed by atoms with Gasteiger partial charge < -0.3 is 14.2 Å². The number of nitrogens with zero attached hydrogens (tertiary/aromatic N) is 3. The maximum atomic E-state index is 13.2. The van der Waals surface area contributed by atoms with E-state index < -0.39 is 30.1 Å². The van der Waals surface area contributed by atoms with Crippen molar-refractivity contribution in [2.45, 2.75) is 45.5 Å². The third kappa shape index (κ3) is 4.19. The van der Waals surface area contributed by atoms with Gasteiger partial charge in [0, 0.05) is 37.7 Å². The molecule has 0 radical (unpaired) electrons. The maximum Gasteiger partial charge on any atom is 0.406 e. The van der Waals surface area contributed by atoms with Gasteiger partial charge in [-0.05, 0) is 38.8 Å². The molecule has 1 amide bonds. The molecule has 0 aromatic carbocycles. The van der Waals surface area contributed by atoms with Gasteiger partial charge in [0.2, 0.25) is 5.43 Å². The standard InChI is InChI=1S/C19H22F3N3O3/c1-3-24-10-15(16(26)14-5-4-12(2)23-17(14)24)18(27)25(11-19(20,21)22)13-6-8-28-9-7-13/h4-5,10,13H,3,6-9,11H2,1-2H3. The van der Waals surface area contributed by atoms with Crippen LogP contribution in [0.15, 0.2) is 23.1 Å². The second-order valence-corrected chi connectivity index (χ2v) is 6.87. The van der Waals surface area contributed by atoms with Gasteiger partial charge in [-0.15, -0.1) is 0 Å². The maximum absolute atomic E-state index is 13.2. The number of hydrogen-bond acceptors (Lipinski definition) is 4. The zero-order valence-electron chi connectivity index (χ0n) is 15.8. The molecule has 3 heterocycles. The molecule has 0 saturated carbocycles. The molecule has 9 heteroatoms. The molecule has 28 heavy (non-hydrogen) atoms. The van der Waals surface area contributed by atoms with Crippen molar-refractivity contribution in [3.63, 3.8) is 0 Å². The third-order valence-electron chi connectivity index (χ3n) is 4.87. The lowest BCUT2D eigenvalue weighted by Gasteiger charge is -2.34. The Hall–Kier alpha value is -2.42. The van der Waals surface area contributed by atoms with Gasteiger partial charge in [-0.25, -0.2) is 4.98 Å². The summed E-state index contributed by atoms with van der Waals surface area (Å²) < 4.78 is 46.3. The number of aryl methyl sites for hydroxylation is 2. The number of pyridine rings is 2. The highest BCUT2D eigenvalue weighted by Gasteiger charge is 2.38. The Morgan fingerprint density at radius 1 is 1.32 bits per heavy atom. The zero-order valence-corrected chi connectivity index (χ0v) is 15.8. The molecule has 2 aromatic rings. The molecule has 0 aliphatic carbocycles. The van der Waals surface area contributed by atoms with Crippen LogP contribution in [0.2, 0.25) is 0 Å². The molecule has 2 aromatic heterocycles. The van der Waals surface area contributed by atoms with Crippen molar-refractivity contribution in [2.24, 2.45) is 0 Å². The first kappa shape index (κ1) is 20.3. The van der Waals surface area contributed by atoms with Crippen LogP contribution in [-0.4, -0.2) is 52.3 Å². The van der Waals surface area contributed by atoms with E-state index >= 15 is 0 Å². The van der Waals surface area contributed by atoms with Crippen LogP contribution < -0.4 is 5.43 Å². The number of amides is 1. The summed E-state index contributed by atoms with van der Waals surface area (Å²) in [7, 11) is 0. The Labute approximate surface area is 159 Å². The molecular formula is C19H22F3N3O3. The highest BCUT2D eigenvalue weighted by atomic mass is 19.4. The van der Waals surface area contributed by atoms with Gasteiger partial charge in [-0.1, -0.05) is 0 Å². The number of alkyl halides is 3. The lowest BCUT2D eigenvalue weighted by Crippen LogP contribution is -2.49. The van der Waals surface area contributed by atoms with E-state index in [1.54, 1.807) is 23.6 Å². The molecule has 0 spiro atoms. The van der Waals surface area contributed by atoms with Crippen LogP contribution in [0, 0.1) is 6.92 Å². The van der Waals surface area contributed by atoms with E-state index in [0.29, 0.717) is 30.7 Å². The largest absolute Gasteiger partial charge is 0.406 e. The Kier molecular flexibility index (Phi) is 5.74. The van der Waals surface area contributed by atoms with E-state index in [1.165, 1.54) is 6.20 Å². The van der Waals surface area contributed by atoms with Crippen molar-refractivity contribution >= 4 is 16.9 Å². The molecule has 0 N–H and O–H groups in total. The minimum Gasteiger partial charge on any atom is -0.381 e. The molecule has 1 fully saturated rings. The predicted octanol–water partition coefficient (Wildman–Crippen LogP) is 2.91. The van der Waals surface area contributed by atoms with Crippen molar-refractivity contribution in [1.29, 1.82) is 0 Å². The average Bonchev–Trinajstić information content (AvgIpc) is 2.66. The van der Waals surface area contributed by atoms with Gasteiger partial charge in [0.25, 0.3) is 5.91 Å². The molecule has 3 rings (SSSR count). The summed E-state index contributed by atoms with van der Waals surface area (Å²) in [5.74, 6) is -0.904. The molecule has 0 unspecified atom stereocenters. The van der Waals surface area contributed by atoms with Crippen LogP contribution in [0.25, 0.3) is 11.0 Å². The van der Waals surface area contributed by atoms with E-state index in [-0.39, 0.29) is 24.2 Å². The fraction of sp³-hybridized carbons (Fsp3) is 0.526. The average molecular weight is 397 g/mol. The van der Waals surface area contributed by atoms with Gasteiger partial charge in [0.15, 0.2) is 0 Å². The fourth-order valence-corrected chi connectivity index (χ4v) is 3.46.